The minimum absolute atomic E-state index is 0.0651. The maximum absolute atomic E-state index is 13.9. The molecule has 0 saturated carbocycles. The Kier molecular flexibility index (Phi) is 19.7. The molecule has 2 aliphatic rings. The van der Waals surface area contributed by atoms with Gasteiger partial charge in [0.05, 0.1) is 30.0 Å². The Morgan fingerprint density at radius 2 is 1.80 bits per heavy atom. The zero-order valence-corrected chi connectivity index (χ0v) is 42.6. The largest absolute Gasteiger partial charge is 0.481 e. The fourth-order valence-electron chi connectivity index (χ4n) is 10.2. The van der Waals surface area contributed by atoms with Crippen molar-refractivity contribution in [1.29, 1.82) is 0 Å². The zero-order valence-electron chi connectivity index (χ0n) is 42.6. The Hall–Kier alpha value is -4.56. The number of cyclic esters (lactones) is 1. The number of aliphatic hydroxyl groups excluding tert-OH is 1. The van der Waals surface area contributed by atoms with Crippen LogP contribution < -0.4 is 16.4 Å². The van der Waals surface area contributed by atoms with Gasteiger partial charge in [0.25, 0.3) is 0 Å². The van der Waals surface area contributed by atoms with E-state index in [0.29, 0.717) is 57.7 Å². The summed E-state index contributed by atoms with van der Waals surface area (Å²) in [5, 5.41) is 37.4. The number of anilines is 1. The summed E-state index contributed by atoms with van der Waals surface area (Å²) >= 11 is 0. The van der Waals surface area contributed by atoms with E-state index < -0.39 is 59.4 Å². The van der Waals surface area contributed by atoms with Crippen LogP contribution in [-0.2, 0) is 41.6 Å². The summed E-state index contributed by atoms with van der Waals surface area (Å²) < 4.78 is 41.1. The number of hydrogen-bond acceptors (Lipinski definition) is 14. The number of carboxylic acid groups (broad SMARTS) is 1. The Morgan fingerprint density at radius 1 is 1.10 bits per heavy atom. The molecule has 18 heteroatoms. The number of amides is 1. The second kappa shape index (κ2) is 24.5. The lowest BCUT2D eigenvalue weighted by molar-refractivity contribution is -0.297. The van der Waals surface area contributed by atoms with Crippen LogP contribution in [0.1, 0.15) is 93.1 Å². The molecule has 17 nitrogen and oxygen atoms in total. The van der Waals surface area contributed by atoms with Crippen molar-refractivity contribution in [2.75, 3.05) is 46.6 Å². The highest BCUT2D eigenvalue weighted by Crippen LogP contribution is 2.40. The number of Topliss-reactive ketones (excluding diaryl/α,β-unsaturated/α-hetero) is 1. The highest BCUT2D eigenvalue weighted by Gasteiger charge is 2.55. The molecule has 69 heavy (non-hydrogen) atoms. The highest BCUT2D eigenvalue weighted by atomic mass is 19.1. The summed E-state index contributed by atoms with van der Waals surface area (Å²) in [6.45, 7) is 17.7. The average molecular weight is 967 g/mol. The van der Waals surface area contributed by atoms with Crippen LogP contribution in [0, 0.1) is 29.5 Å². The number of hydrogen-bond donors (Lipinski definition) is 5. The first-order valence-corrected chi connectivity index (χ1v) is 24.5. The topological polar surface area (TPSA) is 216 Å². The number of aromatic nitrogens is 3. The second-order valence-electron chi connectivity index (χ2n) is 20.2. The third-order valence-corrected chi connectivity index (χ3v) is 14.7. The number of methoxy groups -OCH3 is 1. The SMILES string of the molecule is CC[C@@H](C)[C@@]1(C)OC(=O)N(CCCCn2cc(-c3cccc(N)c3)nn2)[C@@H]1[C@@H](C)NC[C@H](C)C[C@@](C)(OC)[C@H](O[C@@H]1OC(CNCc2ccc(F)cc2)CC(N(C)C)C1O)[C@@H](C)C(=O)[C@@H](C)C(=O)O. The number of ether oxygens (including phenoxy) is 4. The first kappa shape index (κ1) is 55.4. The monoisotopic (exact) mass is 967 g/mol. The predicted molar refractivity (Wildman–Crippen MR) is 261 cm³/mol. The third-order valence-electron chi connectivity index (χ3n) is 14.7. The molecule has 2 aliphatic heterocycles. The fraction of sp³-hybridized carbons (Fsp3) is 0.667. The highest BCUT2D eigenvalue weighted by molar-refractivity contribution is 5.99. The van der Waals surface area contributed by atoms with Crippen LogP contribution in [0.4, 0.5) is 14.9 Å². The molecule has 0 aliphatic carbocycles. The Labute approximate surface area is 407 Å². The summed E-state index contributed by atoms with van der Waals surface area (Å²) in [5.41, 5.74) is 7.21. The molecule has 0 spiro atoms. The van der Waals surface area contributed by atoms with Gasteiger partial charge in [-0.2, -0.15) is 0 Å². The van der Waals surface area contributed by atoms with E-state index in [1.165, 1.54) is 26.2 Å². The van der Waals surface area contributed by atoms with Gasteiger partial charge in [-0.1, -0.05) is 57.2 Å². The molecular formula is C51H79FN8O9. The molecule has 1 amide bonds. The van der Waals surface area contributed by atoms with E-state index in [-0.39, 0.29) is 41.9 Å². The van der Waals surface area contributed by atoms with Gasteiger partial charge in [0.15, 0.2) is 12.1 Å². The molecular weight excluding hydrogens is 888 g/mol. The molecule has 6 N–H and O–H groups in total. The number of aliphatic hydroxyl groups is 1. The molecule has 0 bridgehead atoms. The Bertz CT molecular complexity index is 2130. The van der Waals surface area contributed by atoms with Gasteiger partial charge in [-0.15, -0.1) is 5.10 Å². The van der Waals surface area contributed by atoms with E-state index in [0.717, 1.165) is 29.7 Å². The van der Waals surface area contributed by atoms with Crippen molar-refractivity contribution < 1.29 is 47.9 Å². The average Bonchev–Trinajstić information content (AvgIpc) is 3.90. The Balaban J connectivity index is 1.29. The van der Waals surface area contributed by atoms with Crippen LogP contribution in [0.3, 0.4) is 0 Å². The standard InChI is InChI=1S/C51H79FN8O9/c1-12-32(3)51(8)45(60(49(65)69-51)23-14-13-22-59-30-41(56-57-59)37-16-15-17-39(53)24-37)35(6)55-27-31(2)26-50(7,66-11)46(33(4)43(61)34(5)47(63)64)68-48-44(62)42(58(9)10)25-40(67-48)29-54-28-36-18-20-38(52)21-19-36/h15-21,24,30-35,40,42,44-46,48,54-55,62H,12-14,22-23,25-29,53H2,1-11H3,(H,63,64)/t31-,32-,33+,34-,35-,40?,42?,44?,45-,46-,48+,50-,51-/m1/s1. The van der Waals surface area contributed by atoms with E-state index in [4.69, 9.17) is 24.7 Å². The van der Waals surface area contributed by atoms with Crippen molar-refractivity contribution in [3.63, 3.8) is 0 Å². The Morgan fingerprint density at radius 3 is 2.43 bits per heavy atom. The molecule has 13 atom stereocenters. The lowest BCUT2D eigenvalue weighted by Gasteiger charge is -2.47. The number of nitrogens with one attached hydrogen (secondary N) is 2. The van der Waals surface area contributed by atoms with Crippen molar-refractivity contribution in [3.05, 3.63) is 66.1 Å². The molecule has 0 radical (unpaired) electrons. The number of aliphatic carboxylic acids is 1. The number of rotatable bonds is 27. The van der Waals surface area contributed by atoms with E-state index in [1.54, 1.807) is 23.7 Å². The number of carbonyl (C=O) groups is 3. The molecule has 1 aromatic heterocycles. The van der Waals surface area contributed by atoms with Gasteiger partial charge >= 0.3 is 12.1 Å². The van der Waals surface area contributed by atoms with Gasteiger partial charge in [0.2, 0.25) is 0 Å². The second-order valence-corrected chi connectivity index (χ2v) is 20.2. The molecule has 2 saturated heterocycles. The first-order valence-electron chi connectivity index (χ1n) is 24.5. The fourth-order valence-corrected chi connectivity index (χ4v) is 10.2. The number of benzene rings is 2. The molecule has 384 valence electrons. The molecule has 3 heterocycles. The van der Waals surface area contributed by atoms with Gasteiger partial charge < -0.3 is 50.4 Å². The van der Waals surface area contributed by atoms with E-state index >= 15 is 0 Å². The van der Waals surface area contributed by atoms with E-state index in [9.17, 15) is 29.0 Å². The first-order chi connectivity index (χ1) is 32.6. The zero-order chi connectivity index (χ0) is 50.8. The molecule has 2 fully saturated rings. The maximum atomic E-state index is 13.9. The van der Waals surface area contributed by atoms with Crippen LogP contribution in [0.5, 0.6) is 0 Å². The number of aryl methyl sites for hydroxylation is 1. The number of halogens is 1. The van der Waals surface area contributed by atoms with Crippen molar-refractivity contribution >= 4 is 23.5 Å². The van der Waals surface area contributed by atoms with Gasteiger partial charge in [0.1, 0.15) is 29.1 Å². The number of likely N-dealkylation sites (N-methyl/N-ethyl adjacent to an activating group) is 1. The van der Waals surface area contributed by atoms with Gasteiger partial charge in [-0.05, 0) is 122 Å². The lowest BCUT2D eigenvalue weighted by atomic mass is 9.78. The lowest BCUT2D eigenvalue weighted by Crippen LogP contribution is -2.60. The van der Waals surface area contributed by atoms with E-state index in [1.807, 2.05) is 68.2 Å². The molecule has 2 aromatic carbocycles. The molecule has 3 unspecified atom stereocenters. The van der Waals surface area contributed by atoms with E-state index in [2.05, 4.69) is 48.6 Å². The summed E-state index contributed by atoms with van der Waals surface area (Å²) in [6.07, 6.45) is 0.905. The molecule has 5 rings (SSSR count). The minimum Gasteiger partial charge on any atom is -0.481 e. The minimum atomic E-state index is -1.32. The van der Waals surface area contributed by atoms with Crippen LogP contribution in [0.15, 0.2) is 54.7 Å². The normalized spacial score (nSPS) is 25.4. The number of carbonyl (C=O) groups excluding carboxylic acids is 2. The van der Waals surface area contributed by atoms with Gasteiger partial charge in [-0.25, -0.2) is 9.18 Å². The van der Waals surface area contributed by atoms with Crippen LogP contribution >= 0.6 is 0 Å². The number of nitrogens with zero attached hydrogens (tertiary/aromatic N) is 5. The van der Waals surface area contributed by atoms with Gasteiger partial charge in [-0.3, -0.25) is 19.2 Å². The predicted octanol–water partition coefficient (Wildman–Crippen LogP) is 5.99. The smallest absolute Gasteiger partial charge is 0.410 e. The van der Waals surface area contributed by atoms with Crippen LogP contribution in [0.2, 0.25) is 0 Å². The van der Waals surface area contributed by atoms with Crippen LogP contribution in [-0.4, -0.2) is 148 Å². The summed E-state index contributed by atoms with van der Waals surface area (Å²) in [4.78, 5) is 43.5. The van der Waals surface area contributed by atoms with Crippen LogP contribution in [0.25, 0.3) is 11.3 Å². The summed E-state index contributed by atoms with van der Waals surface area (Å²) in [7, 11) is 5.27. The van der Waals surface area contributed by atoms with Crippen molar-refractivity contribution in [2.24, 2.45) is 23.7 Å². The third kappa shape index (κ3) is 13.9. The summed E-state index contributed by atoms with van der Waals surface area (Å²) in [6, 6.07) is 12.9. The van der Waals surface area contributed by atoms with Crippen molar-refractivity contribution in [2.45, 2.75) is 155 Å². The van der Waals surface area contributed by atoms with Crippen molar-refractivity contribution in [3.8, 4) is 11.3 Å². The number of unbranched alkanes of at least 4 members (excludes halogenated alkanes) is 1. The number of carboxylic acids is 1. The summed E-state index contributed by atoms with van der Waals surface area (Å²) in [5.74, 6) is -4.45. The molecule has 3 aromatic rings. The number of nitrogens with two attached hydrogens (primary N) is 1. The maximum Gasteiger partial charge on any atom is 0.410 e. The van der Waals surface area contributed by atoms with Gasteiger partial charge in [0, 0.05) is 62.5 Å². The quantitative estimate of drug-likeness (QED) is 0.0337. The number of nitrogen functional groups attached to an aromatic ring is 1. The van der Waals surface area contributed by atoms with Crippen molar-refractivity contribution in [1.82, 2.24) is 35.4 Å². The number of ketones is 1.